The minimum absolute atomic E-state index is 0.140. The molecule has 4 heteroatoms. The van der Waals surface area contributed by atoms with Gasteiger partial charge in [-0.25, -0.2) is 0 Å². The SMILES string of the molecule is COc1ccc(SCC(CO)(NC(C)C)C2CC2)cc1. The van der Waals surface area contributed by atoms with E-state index in [4.69, 9.17) is 4.74 Å². The lowest BCUT2D eigenvalue weighted by molar-refractivity contribution is 0.150. The van der Waals surface area contributed by atoms with Crippen LogP contribution in [0.2, 0.25) is 0 Å². The molecule has 0 radical (unpaired) electrons. The van der Waals surface area contributed by atoms with Gasteiger partial charge in [0.1, 0.15) is 5.75 Å². The Morgan fingerprint density at radius 1 is 1.35 bits per heavy atom. The van der Waals surface area contributed by atoms with Gasteiger partial charge in [-0.3, -0.25) is 0 Å². The molecule has 0 aromatic heterocycles. The zero-order valence-electron chi connectivity index (χ0n) is 12.6. The van der Waals surface area contributed by atoms with E-state index in [0.29, 0.717) is 12.0 Å². The van der Waals surface area contributed by atoms with Crippen LogP contribution in [0.4, 0.5) is 0 Å². The van der Waals surface area contributed by atoms with Crippen LogP contribution in [0.25, 0.3) is 0 Å². The van der Waals surface area contributed by atoms with Gasteiger partial charge in [0.15, 0.2) is 0 Å². The fourth-order valence-corrected chi connectivity index (χ4v) is 3.76. The van der Waals surface area contributed by atoms with E-state index in [-0.39, 0.29) is 12.1 Å². The highest BCUT2D eigenvalue weighted by atomic mass is 32.2. The molecule has 1 aliphatic rings. The van der Waals surface area contributed by atoms with Crippen molar-refractivity contribution in [3.8, 4) is 5.75 Å². The van der Waals surface area contributed by atoms with E-state index in [2.05, 4.69) is 31.3 Å². The molecule has 1 atom stereocenters. The van der Waals surface area contributed by atoms with E-state index in [1.165, 1.54) is 17.7 Å². The maximum Gasteiger partial charge on any atom is 0.118 e. The number of thioether (sulfide) groups is 1. The average Bonchev–Trinajstić information content (AvgIpc) is 3.28. The van der Waals surface area contributed by atoms with Crippen LogP contribution in [-0.4, -0.2) is 36.2 Å². The second-order valence-electron chi connectivity index (χ2n) is 5.85. The lowest BCUT2D eigenvalue weighted by Gasteiger charge is -2.35. The van der Waals surface area contributed by atoms with Crippen LogP contribution < -0.4 is 10.1 Å². The first-order valence-corrected chi connectivity index (χ1v) is 8.23. The van der Waals surface area contributed by atoms with Crippen molar-refractivity contribution in [3.05, 3.63) is 24.3 Å². The van der Waals surface area contributed by atoms with Crippen molar-refractivity contribution in [2.75, 3.05) is 19.5 Å². The van der Waals surface area contributed by atoms with Crippen molar-refractivity contribution in [1.29, 1.82) is 0 Å². The molecule has 2 N–H and O–H groups in total. The van der Waals surface area contributed by atoms with E-state index in [0.717, 1.165) is 11.5 Å². The number of aliphatic hydroxyl groups is 1. The molecule has 0 aliphatic heterocycles. The molecular weight excluding hydrogens is 270 g/mol. The van der Waals surface area contributed by atoms with Gasteiger partial charge in [-0.2, -0.15) is 0 Å². The zero-order chi connectivity index (χ0) is 14.6. The first kappa shape index (κ1) is 15.7. The fourth-order valence-electron chi connectivity index (χ4n) is 2.59. The Kier molecular flexibility index (Phi) is 5.35. The zero-order valence-corrected chi connectivity index (χ0v) is 13.4. The molecule has 1 aromatic carbocycles. The third kappa shape index (κ3) is 3.90. The van der Waals surface area contributed by atoms with Gasteiger partial charge in [0.2, 0.25) is 0 Å². The molecule has 0 spiro atoms. The lowest BCUT2D eigenvalue weighted by Crippen LogP contribution is -2.55. The van der Waals surface area contributed by atoms with Crippen molar-refractivity contribution in [1.82, 2.24) is 5.32 Å². The number of methoxy groups -OCH3 is 1. The molecule has 20 heavy (non-hydrogen) atoms. The number of nitrogens with one attached hydrogen (secondary N) is 1. The topological polar surface area (TPSA) is 41.5 Å². The van der Waals surface area contributed by atoms with E-state index >= 15 is 0 Å². The van der Waals surface area contributed by atoms with Crippen molar-refractivity contribution in [2.45, 2.75) is 43.2 Å². The van der Waals surface area contributed by atoms with Crippen molar-refractivity contribution < 1.29 is 9.84 Å². The van der Waals surface area contributed by atoms with Gasteiger partial charge < -0.3 is 15.2 Å². The highest BCUT2D eigenvalue weighted by molar-refractivity contribution is 7.99. The van der Waals surface area contributed by atoms with E-state index in [1.807, 2.05) is 12.1 Å². The first-order valence-electron chi connectivity index (χ1n) is 7.25. The number of rotatable bonds is 8. The molecule has 2 rings (SSSR count). The second kappa shape index (κ2) is 6.83. The fraction of sp³-hybridized carbons (Fsp3) is 0.625. The summed E-state index contributed by atoms with van der Waals surface area (Å²) in [5.41, 5.74) is -0.140. The van der Waals surface area contributed by atoms with E-state index in [1.54, 1.807) is 18.9 Å². The minimum Gasteiger partial charge on any atom is -0.497 e. The molecule has 0 saturated heterocycles. The van der Waals surface area contributed by atoms with Crippen LogP contribution in [0.5, 0.6) is 5.75 Å². The summed E-state index contributed by atoms with van der Waals surface area (Å²) in [7, 11) is 1.68. The summed E-state index contributed by atoms with van der Waals surface area (Å²) in [4.78, 5) is 1.22. The van der Waals surface area contributed by atoms with Gasteiger partial charge in [-0.15, -0.1) is 11.8 Å². The minimum atomic E-state index is -0.140. The molecule has 1 saturated carbocycles. The Labute approximate surface area is 126 Å². The predicted octanol–water partition coefficient (Wildman–Crippen LogP) is 2.93. The molecule has 1 aliphatic carbocycles. The Bertz CT molecular complexity index is 417. The second-order valence-corrected chi connectivity index (χ2v) is 6.90. The summed E-state index contributed by atoms with van der Waals surface area (Å²) in [6.45, 7) is 4.49. The summed E-state index contributed by atoms with van der Waals surface area (Å²) in [5, 5.41) is 13.5. The number of aliphatic hydroxyl groups excluding tert-OH is 1. The standard InChI is InChI=1S/C16H25NO2S/c1-12(2)17-16(10-18,13-4-5-13)11-20-15-8-6-14(19-3)7-9-15/h6-9,12-13,17-18H,4-5,10-11H2,1-3H3. The highest BCUT2D eigenvalue weighted by Gasteiger charge is 2.44. The number of benzene rings is 1. The maximum atomic E-state index is 9.90. The summed E-state index contributed by atoms with van der Waals surface area (Å²) < 4.78 is 5.18. The Balaban J connectivity index is 2.00. The summed E-state index contributed by atoms with van der Waals surface area (Å²) in [6, 6.07) is 8.51. The third-order valence-corrected chi connectivity index (χ3v) is 5.04. The predicted molar refractivity (Wildman–Crippen MR) is 84.5 cm³/mol. The van der Waals surface area contributed by atoms with Crippen LogP contribution in [-0.2, 0) is 0 Å². The summed E-state index contributed by atoms with van der Waals surface area (Å²) in [6.07, 6.45) is 2.45. The molecule has 1 aromatic rings. The molecule has 1 fully saturated rings. The smallest absolute Gasteiger partial charge is 0.118 e. The van der Waals surface area contributed by atoms with Gasteiger partial charge in [-0.1, -0.05) is 13.8 Å². The van der Waals surface area contributed by atoms with Crippen molar-refractivity contribution >= 4 is 11.8 Å². The van der Waals surface area contributed by atoms with Crippen LogP contribution in [0.1, 0.15) is 26.7 Å². The summed E-state index contributed by atoms with van der Waals surface area (Å²) in [5.74, 6) is 2.39. The number of ether oxygens (including phenoxy) is 1. The molecule has 1 unspecified atom stereocenters. The van der Waals surface area contributed by atoms with Gasteiger partial charge in [0, 0.05) is 16.7 Å². The molecule has 0 amide bonds. The normalized spacial score (nSPS) is 18.1. The van der Waals surface area contributed by atoms with Crippen LogP contribution in [0.3, 0.4) is 0 Å². The average molecular weight is 295 g/mol. The quantitative estimate of drug-likeness (QED) is 0.724. The summed E-state index contributed by atoms with van der Waals surface area (Å²) >= 11 is 1.80. The van der Waals surface area contributed by atoms with Crippen LogP contribution in [0.15, 0.2) is 29.2 Å². The van der Waals surface area contributed by atoms with Gasteiger partial charge in [-0.05, 0) is 43.0 Å². The van der Waals surface area contributed by atoms with Crippen LogP contribution >= 0.6 is 11.8 Å². The van der Waals surface area contributed by atoms with Gasteiger partial charge >= 0.3 is 0 Å². The molecular formula is C16H25NO2S. The molecule has 112 valence electrons. The number of hydrogen-bond donors (Lipinski definition) is 2. The molecule has 3 nitrogen and oxygen atoms in total. The highest BCUT2D eigenvalue weighted by Crippen LogP contribution is 2.42. The van der Waals surface area contributed by atoms with Crippen molar-refractivity contribution in [2.24, 2.45) is 5.92 Å². The van der Waals surface area contributed by atoms with Gasteiger partial charge in [0.25, 0.3) is 0 Å². The van der Waals surface area contributed by atoms with Gasteiger partial charge in [0.05, 0.1) is 19.3 Å². The third-order valence-electron chi connectivity index (χ3n) is 3.77. The Hall–Kier alpha value is -0.710. The first-order chi connectivity index (χ1) is 9.59. The van der Waals surface area contributed by atoms with Crippen molar-refractivity contribution in [3.63, 3.8) is 0 Å². The monoisotopic (exact) mass is 295 g/mol. The van der Waals surface area contributed by atoms with E-state index < -0.39 is 0 Å². The molecule has 0 bridgehead atoms. The number of hydrogen-bond acceptors (Lipinski definition) is 4. The largest absolute Gasteiger partial charge is 0.497 e. The van der Waals surface area contributed by atoms with E-state index in [9.17, 15) is 5.11 Å². The molecule has 0 heterocycles. The maximum absolute atomic E-state index is 9.90. The Morgan fingerprint density at radius 3 is 2.45 bits per heavy atom. The van der Waals surface area contributed by atoms with Crippen LogP contribution in [0, 0.1) is 5.92 Å². The lowest BCUT2D eigenvalue weighted by atomic mass is 9.95. The Morgan fingerprint density at radius 2 is 2.00 bits per heavy atom.